The summed E-state index contributed by atoms with van der Waals surface area (Å²) in [5.41, 5.74) is 0.654. The van der Waals surface area contributed by atoms with Gasteiger partial charge >= 0.3 is 0 Å². The first-order valence-corrected chi connectivity index (χ1v) is 9.65. The molecule has 0 atom stereocenters. The van der Waals surface area contributed by atoms with Gasteiger partial charge in [-0.15, -0.1) is 0 Å². The summed E-state index contributed by atoms with van der Waals surface area (Å²) in [5.74, 6) is 0.642. The molecular formula is C18H22N2O5S. The highest BCUT2D eigenvalue weighted by Crippen LogP contribution is 2.29. The molecule has 0 saturated carbocycles. The van der Waals surface area contributed by atoms with Gasteiger partial charge in [0, 0.05) is 18.2 Å². The van der Waals surface area contributed by atoms with E-state index in [2.05, 4.69) is 0 Å². The van der Waals surface area contributed by atoms with Crippen molar-refractivity contribution >= 4 is 21.4 Å². The van der Waals surface area contributed by atoms with Crippen molar-refractivity contribution in [2.75, 3.05) is 10.8 Å². The van der Waals surface area contributed by atoms with Crippen molar-refractivity contribution in [3.63, 3.8) is 0 Å². The van der Waals surface area contributed by atoms with Crippen LogP contribution >= 0.6 is 0 Å². The number of anilines is 1. The Bertz CT molecular complexity index is 892. The number of hydrogen-bond acceptors (Lipinski definition) is 5. The van der Waals surface area contributed by atoms with E-state index in [4.69, 9.17) is 4.74 Å². The number of hydrogen-bond donors (Lipinski definition) is 0. The third-order valence-electron chi connectivity index (χ3n) is 3.75. The smallest absolute Gasteiger partial charge is 0.273 e. The number of aryl methyl sites for hydroxylation is 1. The molecule has 7 nitrogen and oxygen atoms in total. The number of rotatable bonds is 7. The molecule has 2 rings (SSSR count). The zero-order valence-corrected chi connectivity index (χ0v) is 16.0. The van der Waals surface area contributed by atoms with Gasteiger partial charge in [0.2, 0.25) is 0 Å². The molecule has 0 aliphatic carbocycles. The summed E-state index contributed by atoms with van der Waals surface area (Å²) in [4.78, 5) is 10.4. The Kier molecular flexibility index (Phi) is 5.86. The van der Waals surface area contributed by atoms with E-state index < -0.39 is 14.9 Å². The second-order valence-electron chi connectivity index (χ2n) is 6.04. The van der Waals surface area contributed by atoms with Crippen LogP contribution in [0.4, 0.5) is 11.4 Å². The molecule has 0 fully saturated rings. The minimum Gasteiger partial charge on any atom is -0.491 e. The first-order valence-electron chi connectivity index (χ1n) is 8.21. The van der Waals surface area contributed by atoms with Crippen molar-refractivity contribution in [1.82, 2.24) is 0 Å². The summed E-state index contributed by atoms with van der Waals surface area (Å²) in [6.07, 6.45) is 0.0139. The summed E-state index contributed by atoms with van der Waals surface area (Å²) in [5, 5.41) is 11.1. The number of nitro benzene ring substituents is 1. The zero-order valence-electron chi connectivity index (χ0n) is 15.2. The zero-order chi connectivity index (χ0) is 19.5. The van der Waals surface area contributed by atoms with Gasteiger partial charge in [0.15, 0.2) is 0 Å². The molecule has 0 amide bonds. The fourth-order valence-electron chi connectivity index (χ4n) is 2.53. The Morgan fingerprint density at radius 1 is 1.15 bits per heavy atom. The predicted molar refractivity (Wildman–Crippen MR) is 100 cm³/mol. The van der Waals surface area contributed by atoms with Crippen molar-refractivity contribution in [1.29, 1.82) is 0 Å². The van der Waals surface area contributed by atoms with Crippen LogP contribution in [-0.2, 0) is 10.0 Å². The van der Waals surface area contributed by atoms with Crippen LogP contribution in [0.5, 0.6) is 5.75 Å². The molecule has 0 bridgehead atoms. The van der Waals surface area contributed by atoms with E-state index in [-0.39, 0.29) is 23.2 Å². The normalized spacial score (nSPS) is 11.4. The maximum absolute atomic E-state index is 13.0. The van der Waals surface area contributed by atoms with E-state index in [1.54, 1.807) is 38.1 Å². The molecule has 0 N–H and O–H groups in total. The number of nitro groups is 1. The van der Waals surface area contributed by atoms with Gasteiger partial charge in [0.1, 0.15) is 5.75 Å². The van der Waals surface area contributed by atoms with Crippen molar-refractivity contribution in [3.05, 3.63) is 58.1 Å². The molecule has 0 spiro atoms. The van der Waals surface area contributed by atoms with Gasteiger partial charge in [0.25, 0.3) is 15.7 Å². The molecule has 0 heterocycles. The largest absolute Gasteiger partial charge is 0.491 e. The third kappa shape index (κ3) is 4.13. The number of benzene rings is 2. The van der Waals surface area contributed by atoms with E-state index in [1.165, 1.54) is 16.4 Å². The average molecular weight is 378 g/mol. The molecule has 0 aliphatic heterocycles. The standard InChI is InChI=1S/C18H22N2O5S/c1-5-19(15-7-9-16(10-8-15)25-13(2)3)26(23,24)17-11-6-14(4)18(12-17)20(21)22/h6-13H,5H2,1-4H3. The van der Waals surface area contributed by atoms with Crippen LogP contribution in [0.1, 0.15) is 26.3 Å². The van der Waals surface area contributed by atoms with Gasteiger partial charge in [-0.05, 0) is 58.0 Å². The second kappa shape index (κ2) is 7.74. The van der Waals surface area contributed by atoms with E-state index in [1.807, 2.05) is 13.8 Å². The maximum Gasteiger partial charge on any atom is 0.273 e. The molecule has 0 radical (unpaired) electrons. The van der Waals surface area contributed by atoms with E-state index in [0.29, 0.717) is 17.0 Å². The van der Waals surface area contributed by atoms with Crippen LogP contribution in [0.3, 0.4) is 0 Å². The molecule has 0 unspecified atom stereocenters. The summed E-state index contributed by atoms with van der Waals surface area (Å²) in [6.45, 7) is 7.27. The van der Waals surface area contributed by atoms with Crippen LogP contribution in [0.2, 0.25) is 0 Å². The molecule has 2 aromatic rings. The Balaban J connectivity index is 2.42. The topological polar surface area (TPSA) is 89.8 Å². The lowest BCUT2D eigenvalue weighted by Crippen LogP contribution is -2.30. The molecular weight excluding hydrogens is 356 g/mol. The van der Waals surface area contributed by atoms with Gasteiger partial charge in [-0.25, -0.2) is 8.42 Å². The van der Waals surface area contributed by atoms with Crippen LogP contribution in [0, 0.1) is 17.0 Å². The monoisotopic (exact) mass is 378 g/mol. The van der Waals surface area contributed by atoms with Crippen molar-refractivity contribution in [2.24, 2.45) is 0 Å². The van der Waals surface area contributed by atoms with Crippen LogP contribution in [0.25, 0.3) is 0 Å². The average Bonchev–Trinajstić information content (AvgIpc) is 2.56. The van der Waals surface area contributed by atoms with E-state index in [0.717, 1.165) is 6.07 Å². The van der Waals surface area contributed by atoms with Crippen molar-refractivity contribution in [2.45, 2.75) is 38.7 Å². The lowest BCUT2D eigenvalue weighted by molar-refractivity contribution is -0.385. The minimum atomic E-state index is -3.92. The van der Waals surface area contributed by atoms with Gasteiger partial charge in [-0.1, -0.05) is 6.07 Å². The highest BCUT2D eigenvalue weighted by atomic mass is 32.2. The summed E-state index contributed by atoms with van der Waals surface area (Å²) >= 11 is 0. The Labute approximate surface area is 153 Å². The fraction of sp³-hybridized carbons (Fsp3) is 0.333. The van der Waals surface area contributed by atoms with Gasteiger partial charge < -0.3 is 4.74 Å². The predicted octanol–water partition coefficient (Wildman–Crippen LogP) is 3.91. The fourth-order valence-corrected chi connectivity index (χ4v) is 4.02. The molecule has 0 aliphatic rings. The van der Waals surface area contributed by atoms with E-state index in [9.17, 15) is 18.5 Å². The van der Waals surface area contributed by atoms with Gasteiger partial charge in [0.05, 0.1) is 21.6 Å². The second-order valence-corrected chi connectivity index (χ2v) is 7.90. The highest BCUT2D eigenvalue weighted by molar-refractivity contribution is 7.92. The van der Waals surface area contributed by atoms with Crippen LogP contribution < -0.4 is 9.04 Å². The molecule has 0 saturated heterocycles. The first kappa shape index (κ1) is 19.7. The molecule has 26 heavy (non-hydrogen) atoms. The highest BCUT2D eigenvalue weighted by Gasteiger charge is 2.26. The quantitative estimate of drug-likeness (QED) is 0.538. The Morgan fingerprint density at radius 2 is 1.77 bits per heavy atom. The number of sulfonamides is 1. The summed E-state index contributed by atoms with van der Waals surface area (Å²) in [7, 11) is -3.92. The lowest BCUT2D eigenvalue weighted by Gasteiger charge is -2.23. The van der Waals surface area contributed by atoms with Crippen LogP contribution in [-0.4, -0.2) is 26.0 Å². The first-order chi connectivity index (χ1) is 12.2. The molecule has 140 valence electrons. The summed E-state index contributed by atoms with van der Waals surface area (Å²) in [6, 6.07) is 10.6. The lowest BCUT2D eigenvalue weighted by atomic mass is 10.2. The maximum atomic E-state index is 13.0. The summed E-state index contributed by atoms with van der Waals surface area (Å²) < 4.78 is 32.7. The number of ether oxygens (including phenoxy) is 1. The Hall–Kier alpha value is -2.61. The molecule has 0 aromatic heterocycles. The van der Waals surface area contributed by atoms with Gasteiger partial charge in [-0.2, -0.15) is 0 Å². The van der Waals surface area contributed by atoms with E-state index >= 15 is 0 Å². The van der Waals surface area contributed by atoms with Crippen LogP contribution in [0.15, 0.2) is 47.4 Å². The van der Waals surface area contributed by atoms with Crippen molar-refractivity contribution < 1.29 is 18.1 Å². The SMILES string of the molecule is CCN(c1ccc(OC(C)C)cc1)S(=O)(=O)c1ccc(C)c([N+](=O)[O-])c1. The number of nitrogens with zero attached hydrogens (tertiary/aromatic N) is 2. The van der Waals surface area contributed by atoms with Gasteiger partial charge in [-0.3, -0.25) is 14.4 Å². The minimum absolute atomic E-state index is 0.0139. The third-order valence-corrected chi connectivity index (χ3v) is 5.65. The van der Waals surface area contributed by atoms with Crippen molar-refractivity contribution in [3.8, 4) is 5.75 Å². The molecule has 2 aromatic carbocycles. The Morgan fingerprint density at radius 3 is 2.27 bits per heavy atom. The molecule has 8 heteroatoms.